The number of amides is 1. The molecule has 0 aliphatic carbocycles. The molecule has 0 bridgehead atoms. The van der Waals surface area contributed by atoms with Gasteiger partial charge in [-0.1, -0.05) is 36.4 Å². The van der Waals surface area contributed by atoms with Crippen LogP contribution in [0.1, 0.15) is 17.2 Å². The Morgan fingerprint density at radius 1 is 1.25 bits per heavy atom. The first-order valence-electron chi connectivity index (χ1n) is 9.33. The molecule has 148 valence electrons. The smallest absolute Gasteiger partial charge is 0.244 e. The summed E-state index contributed by atoms with van der Waals surface area (Å²) in [5.74, 6) is -0.505. The number of hydrogen-bond donors (Lipinski definition) is 1. The molecule has 6 heteroatoms. The quantitative estimate of drug-likeness (QED) is 0.746. The Morgan fingerprint density at radius 2 is 2.00 bits per heavy atom. The van der Waals surface area contributed by atoms with Gasteiger partial charge in [-0.15, -0.1) is 0 Å². The second-order valence-electron chi connectivity index (χ2n) is 6.61. The van der Waals surface area contributed by atoms with E-state index in [2.05, 4.69) is 10.2 Å². The summed E-state index contributed by atoms with van der Waals surface area (Å²) in [7, 11) is 1.42. The van der Waals surface area contributed by atoms with Gasteiger partial charge in [0, 0.05) is 25.7 Å². The van der Waals surface area contributed by atoms with Crippen molar-refractivity contribution in [3.8, 4) is 5.75 Å². The molecule has 2 aromatic rings. The molecule has 2 aromatic carbocycles. The summed E-state index contributed by atoms with van der Waals surface area (Å²) in [6.45, 7) is 3.82. The van der Waals surface area contributed by atoms with E-state index in [-0.39, 0.29) is 17.7 Å². The minimum absolute atomic E-state index is 0.135. The summed E-state index contributed by atoms with van der Waals surface area (Å²) in [6, 6.07) is 14.3. The summed E-state index contributed by atoms with van der Waals surface area (Å²) in [4.78, 5) is 14.8. The molecule has 5 nitrogen and oxygen atoms in total. The molecule has 1 N–H and O–H groups in total. The van der Waals surface area contributed by atoms with Crippen molar-refractivity contribution in [2.75, 3.05) is 40.0 Å². The van der Waals surface area contributed by atoms with Crippen molar-refractivity contribution >= 4 is 12.0 Å². The number of nitrogens with one attached hydrogen (secondary N) is 1. The molecular formula is C22H25FN2O3. The number of methoxy groups -OCH3 is 1. The number of carbonyl (C=O) groups excluding carboxylic acids is 1. The zero-order valence-electron chi connectivity index (χ0n) is 15.9. The first-order valence-corrected chi connectivity index (χ1v) is 9.33. The molecule has 1 saturated heterocycles. The van der Waals surface area contributed by atoms with Crippen molar-refractivity contribution < 1.29 is 18.7 Å². The van der Waals surface area contributed by atoms with E-state index in [1.54, 1.807) is 12.1 Å². The summed E-state index contributed by atoms with van der Waals surface area (Å²) in [5, 5.41) is 3.06. The van der Waals surface area contributed by atoms with E-state index in [1.165, 1.54) is 25.3 Å². The van der Waals surface area contributed by atoms with Crippen molar-refractivity contribution in [1.29, 1.82) is 0 Å². The molecule has 1 aliphatic heterocycles. The predicted molar refractivity (Wildman–Crippen MR) is 107 cm³/mol. The van der Waals surface area contributed by atoms with Gasteiger partial charge in [0.05, 0.1) is 26.4 Å². The van der Waals surface area contributed by atoms with E-state index < -0.39 is 5.82 Å². The van der Waals surface area contributed by atoms with Gasteiger partial charge in [0.2, 0.25) is 5.91 Å². The first kappa shape index (κ1) is 20.0. The SMILES string of the molecule is COc1ccc(C=CC(=O)NC(CN2CCOCC2)c2ccccc2)cc1F. The average molecular weight is 384 g/mol. The second-order valence-corrected chi connectivity index (χ2v) is 6.61. The Balaban J connectivity index is 1.67. The maximum absolute atomic E-state index is 13.8. The number of benzene rings is 2. The van der Waals surface area contributed by atoms with Gasteiger partial charge in [0.1, 0.15) is 0 Å². The minimum atomic E-state index is -0.459. The fourth-order valence-corrected chi connectivity index (χ4v) is 3.14. The van der Waals surface area contributed by atoms with Crippen LogP contribution in [0.5, 0.6) is 5.75 Å². The van der Waals surface area contributed by atoms with Crippen LogP contribution in [0, 0.1) is 5.82 Å². The third-order valence-electron chi connectivity index (χ3n) is 4.67. The highest BCUT2D eigenvalue weighted by Crippen LogP contribution is 2.19. The molecule has 1 amide bonds. The Morgan fingerprint density at radius 3 is 2.68 bits per heavy atom. The molecule has 1 atom stereocenters. The topological polar surface area (TPSA) is 50.8 Å². The summed E-state index contributed by atoms with van der Waals surface area (Å²) >= 11 is 0. The van der Waals surface area contributed by atoms with Gasteiger partial charge in [0.15, 0.2) is 11.6 Å². The molecule has 0 aromatic heterocycles. The minimum Gasteiger partial charge on any atom is -0.494 e. The first-order chi connectivity index (χ1) is 13.7. The maximum atomic E-state index is 13.8. The van der Waals surface area contributed by atoms with Crippen LogP contribution in [-0.2, 0) is 9.53 Å². The summed E-state index contributed by atoms with van der Waals surface area (Å²) in [5.41, 5.74) is 1.64. The Labute approximate surface area is 164 Å². The van der Waals surface area contributed by atoms with Crippen molar-refractivity contribution in [1.82, 2.24) is 10.2 Å². The lowest BCUT2D eigenvalue weighted by Crippen LogP contribution is -2.42. The van der Waals surface area contributed by atoms with Crippen LogP contribution in [0.2, 0.25) is 0 Å². The number of morpholine rings is 1. The largest absolute Gasteiger partial charge is 0.494 e. The standard InChI is InChI=1S/C22H25FN2O3/c1-27-21-9-7-17(15-19(21)23)8-10-22(26)24-20(18-5-3-2-4-6-18)16-25-11-13-28-14-12-25/h2-10,15,20H,11-14,16H2,1H3,(H,24,26). The molecule has 1 fully saturated rings. The number of nitrogens with zero attached hydrogens (tertiary/aromatic N) is 1. The number of ether oxygens (including phenoxy) is 2. The Hall–Kier alpha value is -2.70. The molecular weight excluding hydrogens is 359 g/mol. The van der Waals surface area contributed by atoms with Crippen LogP contribution in [0.25, 0.3) is 6.08 Å². The molecule has 0 radical (unpaired) electrons. The van der Waals surface area contributed by atoms with Gasteiger partial charge in [-0.3, -0.25) is 9.69 Å². The molecule has 1 heterocycles. The highest BCUT2D eigenvalue weighted by Gasteiger charge is 2.19. The zero-order valence-corrected chi connectivity index (χ0v) is 15.9. The summed E-state index contributed by atoms with van der Waals surface area (Å²) < 4.78 is 24.1. The van der Waals surface area contributed by atoms with Crippen molar-refractivity contribution in [2.45, 2.75) is 6.04 Å². The van der Waals surface area contributed by atoms with Crippen LogP contribution in [0.3, 0.4) is 0 Å². The van der Waals surface area contributed by atoms with Gasteiger partial charge in [-0.2, -0.15) is 0 Å². The van der Waals surface area contributed by atoms with Crippen LogP contribution < -0.4 is 10.1 Å². The van der Waals surface area contributed by atoms with Crippen LogP contribution in [0.15, 0.2) is 54.6 Å². The molecule has 1 unspecified atom stereocenters. The maximum Gasteiger partial charge on any atom is 0.244 e. The third kappa shape index (κ3) is 5.65. The highest BCUT2D eigenvalue weighted by atomic mass is 19.1. The highest BCUT2D eigenvalue weighted by molar-refractivity contribution is 5.92. The lowest BCUT2D eigenvalue weighted by Gasteiger charge is -2.31. The fraction of sp³-hybridized carbons (Fsp3) is 0.318. The Bertz CT molecular complexity index is 805. The third-order valence-corrected chi connectivity index (χ3v) is 4.67. The van der Waals surface area contributed by atoms with Gasteiger partial charge in [-0.25, -0.2) is 4.39 Å². The predicted octanol–water partition coefficient (Wildman–Crippen LogP) is 3.04. The van der Waals surface area contributed by atoms with Crippen molar-refractivity contribution in [2.24, 2.45) is 0 Å². The van der Waals surface area contributed by atoms with Gasteiger partial charge >= 0.3 is 0 Å². The zero-order chi connectivity index (χ0) is 19.8. The van der Waals surface area contributed by atoms with Crippen LogP contribution in [-0.4, -0.2) is 50.8 Å². The lowest BCUT2D eigenvalue weighted by atomic mass is 10.1. The van der Waals surface area contributed by atoms with Gasteiger partial charge in [-0.05, 0) is 29.3 Å². The molecule has 1 aliphatic rings. The van der Waals surface area contributed by atoms with E-state index in [0.717, 1.165) is 18.7 Å². The van der Waals surface area contributed by atoms with E-state index in [9.17, 15) is 9.18 Å². The van der Waals surface area contributed by atoms with Gasteiger partial charge < -0.3 is 14.8 Å². The second kappa shape index (κ2) is 10.0. The molecule has 28 heavy (non-hydrogen) atoms. The van der Waals surface area contributed by atoms with E-state index >= 15 is 0 Å². The van der Waals surface area contributed by atoms with Gasteiger partial charge in [0.25, 0.3) is 0 Å². The molecule has 3 rings (SSSR count). The summed E-state index contributed by atoms with van der Waals surface area (Å²) in [6.07, 6.45) is 3.02. The number of carbonyl (C=O) groups is 1. The lowest BCUT2D eigenvalue weighted by molar-refractivity contribution is -0.117. The monoisotopic (exact) mass is 384 g/mol. The average Bonchev–Trinajstić information content (AvgIpc) is 2.73. The fourth-order valence-electron chi connectivity index (χ4n) is 3.14. The van der Waals surface area contributed by atoms with E-state index in [4.69, 9.17) is 9.47 Å². The van der Waals surface area contributed by atoms with Crippen LogP contribution >= 0.6 is 0 Å². The number of hydrogen-bond acceptors (Lipinski definition) is 4. The molecule has 0 spiro atoms. The van der Waals surface area contributed by atoms with Crippen molar-refractivity contribution in [3.05, 3.63) is 71.6 Å². The van der Waals surface area contributed by atoms with Crippen LogP contribution in [0.4, 0.5) is 4.39 Å². The Kier molecular flexibility index (Phi) is 7.17. The number of rotatable bonds is 7. The normalized spacial score (nSPS) is 16.1. The van der Waals surface area contributed by atoms with E-state index in [1.807, 2.05) is 30.3 Å². The number of halogens is 1. The van der Waals surface area contributed by atoms with E-state index in [0.29, 0.717) is 25.3 Å². The molecule has 0 saturated carbocycles. The van der Waals surface area contributed by atoms with Crippen molar-refractivity contribution in [3.63, 3.8) is 0 Å².